The van der Waals surface area contributed by atoms with Gasteiger partial charge in [0, 0.05) is 29.7 Å². The molecule has 0 aliphatic rings. The number of halogens is 4. The number of hydrogen-bond donors (Lipinski definition) is 3. The maximum absolute atomic E-state index is 14.8. The van der Waals surface area contributed by atoms with Crippen LogP contribution in [0.15, 0.2) is 85.6 Å². The highest BCUT2D eigenvalue weighted by atomic mass is 19.4. The zero-order valence-corrected chi connectivity index (χ0v) is 21.7. The van der Waals surface area contributed by atoms with E-state index < -0.39 is 23.5 Å². The highest BCUT2D eigenvalue weighted by Crippen LogP contribution is 2.34. The van der Waals surface area contributed by atoms with E-state index in [1.165, 1.54) is 30.5 Å². The quantitative estimate of drug-likeness (QED) is 0.154. The monoisotopic (exact) mass is 550 g/mol. The van der Waals surface area contributed by atoms with Crippen molar-refractivity contribution in [2.45, 2.75) is 12.7 Å². The number of amides is 1. The van der Waals surface area contributed by atoms with Gasteiger partial charge >= 0.3 is 6.18 Å². The van der Waals surface area contributed by atoms with Crippen LogP contribution in [0.1, 0.15) is 11.1 Å². The predicted octanol–water partition coefficient (Wildman–Crippen LogP) is 6.97. The molecule has 4 rings (SSSR count). The molecule has 7 nitrogen and oxygen atoms in total. The fraction of sp³-hybridized carbons (Fsp3) is 0.138. The predicted molar refractivity (Wildman–Crippen MR) is 148 cm³/mol. The molecule has 0 aliphatic heterocycles. The average molecular weight is 551 g/mol. The molecule has 1 amide bonds. The Kier molecular flexibility index (Phi) is 8.44. The highest BCUT2D eigenvalue weighted by Gasteiger charge is 2.30. The molecule has 0 spiro atoms. The Morgan fingerprint density at radius 2 is 1.75 bits per heavy atom. The van der Waals surface area contributed by atoms with Crippen LogP contribution >= 0.6 is 0 Å². The first-order chi connectivity index (χ1) is 19.0. The lowest BCUT2D eigenvalue weighted by Crippen LogP contribution is -2.10. The zero-order chi connectivity index (χ0) is 28.9. The molecule has 1 heterocycles. The Bertz CT molecular complexity index is 1520. The maximum atomic E-state index is 14.8. The van der Waals surface area contributed by atoms with Gasteiger partial charge in [-0.15, -0.1) is 0 Å². The summed E-state index contributed by atoms with van der Waals surface area (Å²) < 4.78 is 54.2. The third-order valence-corrected chi connectivity index (χ3v) is 5.67. The molecule has 0 saturated heterocycles. The van der Waals surface area contributed by atoms with Crippen molar-refractivity contribution in [1.82, 2.24) is 14.9 Å². The molecule has 40 heavy (non-hydrogen) atoms. The van der Waals surface area contributed by atoms with Crippen LogP contribution in [0.3, 0.4) is 0 Å². The molecule has 1 aromatic heterocycles. The Labute approximate surface area is 228 Å². The van der Waals surface area contributed by atoms with E-state index in [1.807, 2.05) is 43.3 Å². The Hall–Kier alpha value is -4.77. The van der Waals surface area contributed by atoms with E-state index in [2.05, 4.69) is 32.5 Å². The van der Waals surface area contributed by atoms with Crippen LogP contribution in [-0.2, 0) is 17.5 Å². The first-order valence-electron chi connectivity index (χ1n) is 12.1. The van der Waals surface area contributed by atoms with E-state index >= 15 is 0 Å². The standard InChI is InChI=1S/C29H26F4N6O/c1-4-26(40)35-22-12-13-24(30)25(15-22)37-27-23(19-8-10-20(11-9-19)29(31,32)33)16-34-28(38-27)36-21-7-5-6-18(14-21)17-39(2)3/h4-16H,1,17H2,2-3H3,(H,35,40)(H2,34,36,37,38). The van der Waals surface area contributed by atoms with Crippen molar-refractivity contribution >= 4 is 34.7 Å². The van der Waals surface area contributed by atoms with Gasteiger partial charge in [-0.3, -0.25) is 4.79 Å². The number of alkyl halides is 3. The van der Waals surface area contributed by atoms with Gasteiger partial charge < -0.3 is 20.9 Å². The van der Waals surface area contributed by atoms with Crippen LogP contribution in [0.5, 0.6) is 0 Å². The molecule has 0 atom stereocenters. The van der Waals surface area contributed by atoms with Crippen molar-refractivity contribution in [3.8, 4) is 11.1 Å². The summed E-state index contributed by atoms with van der Waals surface area (Å²) in [4.78, 5) is 22.6. The van der Waals surface area contributed by atoms with Gasteiger partial charge in [-0.2, -0.15) is 18.2 Å². The summed E-state index contributed by atoms with van der Waals surface area (Å²) in [6, 6.07) is 16.0. The summed E-state index contributed by atoms with van der Waals surface area (Å²) in [5.74, 6) is -0.808. The molecule has 0 saturated carbocycles. The lowest BCUT2D eigenvalue weighted by Gasteiger charge is -2.16. The number of carbonyl (C=O) groups is 1. The molecule has 0 unspecified atom stereocenters. The highest BCUT2D eigenvalue weighted by molar-refractivity contribution is 5.99. The zero-order valence-electron chi connectivity index (χ0n) is 21.7. The number of carbonyl (C=O) groups excluding carboxylic acids is 1. The number of benzene rings is 3. The number of nitrogens with one attached hydrogen (secondary N) is 3. The van der Waals surface area contributed by atoms with Crippen molar-refractivity contribution in [1.29, 1.82) is 0 Å². The fourth-order valence-corrected chi connectivity index (χ4v) is 3.85. The smallest absolute Gasteiger partial charge is 0.337 e. The summed E-state index contributed by atoms with van der Waals surface area (Å²) >= 11 is 0. The van der Waals surface area contributed by atoms with E-state index in [0.717, 1.165) is 29.8 Å². The molecule has 0 bridgehead atoms. The van der Waals surface area contributed by atoms with E-state index in [0.29, 0.717) is 29.0 Å². The lowest BCUT2D eigenvalue weighted by molar-refractivity contribution is -0.137. The number of aromatic nitrogens is 2. The minimum Gasteiger partial charge on any atom is -0.337 e. The summed E-state index contributed by atoms with van der Waals surface area (Å²) in [5.41, 5.74) is 1.96. The molecular formula is C29H26F4N6O. The van der Waals surface area contributed by atoms with Crippen LogP contribution < -0.4 is 16.0 Å². The first kappa shape index (κ1) is 28.2. The van der Waals surface area contributed by atoms with Crippen molar-refractivity contribution < 1.29 is 22.4 Å². The summed E-state index contributed by atoms with van der Waals surface area (Å²) in [6.45, 7) is 4.11. The summed E-state index contributed by atoms with van der Waals surface area (Å²) in [7, 11) is 3.91. The Morgan fingerprint density at radius 3 is 2.42 bits per heavy atom. The molecule has 0 aliphatic carbocycles. The van der Waals surface area contributed by atoms with Crippen LogP contribution in [0, 0.1) is 5.82 Å². The Morgan fingerprint density at radius 1 is 1.00 bits per heavy atom. The van der Waals surface area contributed by atoms with Crippen molar-refractivity contribution in [3.05, 3.63) is 103 Å². The van der Waals surface area contributed by atoms with Gasteiger partial charge in [0.15, 0.2) is 0 Å². The van der Waals surface area contributed by atoms with Crippen molar-refractivity contribution in [2.24, 2.45) is 0 Å². The SMILES string of the molecule is C=CC(=O)Nc1ccc(F)c(Nc2nc(Nc3cccc(CN(C)C)c3)ncc2-c2ccc(C(F)(F)F)cc2)c1. The van der Waals surface area contributed by atoms with Crippen LogP contribution in [0.2, 0.25) is 0 Å². The topological polar surface area (TPSA) is 82.2 Å². The van der Waals surface area contributed by atoms with E-state index in [-0.39, 0.29) is 17.5 Å². The molecule has 206 valence electrons. The molecule has 11 heteroatoms. The van der Waals surface area contributed by atoms with Crippen molar-refractivity contribution in [2.75, 3.05) is 30.0 Å². The van der Waals surface area contributed by atoms with Gasteiger partial charge in [0.1, 0.15) is 11.6 Å². The van der Waals surface area contributed by atoms with Gasteiger partial charge in [-0.05, 0) is 73.8 Å². The second-order valence-electron chi connectivity index (χ2n) is 9.11. The average Bonchev–Trinajstić information content (AvgIpc) is 2.90. The number of hydrogen-bond acceptors (Lipinski definition) is 6. The lowest BCUT2D eigenvalue weighted by atomic mass is 10.1. The minimum atomic E-state index is -4.50. The summed E-state index contributed by atoms with van der Waals surface area (Å²) in [5, 5.41) is 8.58. The van der Waals surface area contributed by atoms with Crippen LogP contribution in [0.4, 0.5) is 46.4 Å². The fourth-order valence-electron chi connectivity index (χ4n) is 3.85. The van der Waals surface area contributed by atoms with E-state index in [9.17, 15) is 22.4 Å². The largest absolute Gasteiger partial charge is 0.416 e. The third kappa shape index (κ3) is 7.20. The summed E-state index contributed by atoms with van der Waals surface area (Å²) in [6.07, 6.45) is -1.98. The van der Waals surface area contributed by atoms with Crippen LogP contribution in [0.25, 0.3) is 11.1 Å². The molecule has 0 fully saturated rings. The van der Waals surface area contributed by atoms with Crippen molar-refractivity contribution in [3.63, 3.8) is 0 Å². The first-order valence-corrected chi connectivity index (χ1v) is 12.1. The van der Waals surface area contributed by atoms with Gasteiger partial charge in [0.05, 0.1) is 11.3 Å². The molecule has 3 aromatic carbocycles. The molecule has 0 radical (unpaired) electrons. The number of rotatable bonds is 9. The molecule has 4 aromatic rings. The van der Waals surface area contributed by atoms with Gasteiger partial charge in [-0.1, -0.05) is 30.8 Å². The second-order valence-corrected chi connectivity index (χ2v) is 9.11. The van der Waals surface area contributed by atoms with Crippen LogP contribution in [-0.4, -0.2) is 34.9 Å². The van der Waals surface area contributed by atoms with E-state index in [1.54, 1.807) is 0 Å². The van der Waals surface area contributed by atoms with E-state index in [4.69, 9.17) is 0 Å². The molecular weight excluding hydrogens is 524 g/mol. The normalized spacial score (nSPS) is 11.3. The maximum Gasteiger partial charge on any atom is 0.416 e. The van der Waals surface area contributed by atoms with Gasteiger partial charge in [0.25, 0.3) is 0 Å². The second kappa shape index (κ2) is 12.0. The third-order valence-electron chi connectivity index (χ3n) is 5.67. The van der Waals surface area contributed by atoms with Gasteiger partial charge in [0.2, 0.25) is 11.9 Å². The Balaban J connectivity index is 1.73. The minimum absolute atomic E-state index is 0.0207. The van der Waals surface area contributed by atoms with Gasteiger partial charge in [-0.25, -0.2) is 9.37 Å². The molecule has 3 N–H and O–H groups in total. The number of anilines is 5. The number of nitrogens with zero attached hydrogens (tertiary/aromatic N) is 3.